The lowest BCUT2D eigenvalue weighted by Crippen LogP contribution is -2.30. The van der Waals surface area contributed by atoms with Crippen molar-refractivity contribution in [2.45, 2.75) is 13.0 Å². The number of hydrogen-bond donors (Lipinski definition) is 2. The summed E-state index contributed by atoms with van der Waals surface area (Å²) in [7, 11) is 0. The summed E-state index contributed by atoms with van der Waals surface area (Å²) < 4.78 is 0. The Morgan fingerprint density at radius 1 is 1.54 bits per heavy atom. The van der Waals surface area contributed by atoms with Gasteiger partial charge in [0, 0.05) is 23.3 Å². The van der Waals surface area contributed by atoms with Crippen LogP contribution in [0, 0.1) is 5.92 Å². The zero-order valence-corrected chi connectivity index (χ0v) is 8.31. The van der Waals surface area contributed by atoms with Gasteiger partial charge in [-0.2, -0.15) is 0 Å². The molecule has 13 heavy (non-hydrogen) atoms. The van der Waals surface area contributed by atoms with Crippen molar-refractivity contribution in [1.82, 2.24) is 0 Å². The van der Waals surface area contributed by atoms with Crippen molar-refractivity contribution >= 4 is 17.3 Å². The fourth-order valence-corrected chi connectivity index (χ4v) is 1.85. The lowest BCUT2D eigenvalue weighted by atomic mass is 9.90. The molecule has 2 nitrogen and oxygen atoms in total. The van der Waals surface area contributed by atoms with Gasteiger partial charge in [-0.05, 0) is 23.6 Å². The van der Waals surface area contributed by atoms with E-state index in [-0.39, 0.29) is 6.04 Å². The normalized spacial score (nSPS) is 26.4. The molecule has 0 saturated heterocycles. The number of halogens is 1. The van der Waals surface area contributed by atoms with Crippen LogP contribution in [0.25, 0.3) is 0 Å². The van der Waals surface area contributed by atoms with Crippen LogP contribution in [0.2, 0.25) is 5.02 Å². The Morgan fingerprint density at radius 3 is 3.08 bits per heavy atom. The van der Waals surface area contributed by atoms with Crippen molar-refractivity contribution in [2.75, 3.05) is 11.9 Å². The molecule has 0 aromatic heterocycles. The van der Waals surface area contributed by atoms with E-state index in [0.717, 1.165) is 17.3 Å². The van der Waals surface area contributed by atoms with E-state index in [9.17, 15) is 0 Å². The zero-order chi connectivity index (χ0) is 9.42. The van der Waals surface area contributed by atoms with Gasteiger partial charge in [-0.3, -0.25) is 0 Å². The highest BCUT2D eigenvalue weighted by atomic mass is 35.5. The van der Waals surface area contributed by atoms with Gasteiger partial charge in [-0.15, -0.1) is 0 Å². The molecule has 1 heterocycles. The van der Waals surface area contributed by atoms with E-state index in [4.69, 9.17) is 17.3 Å². The predicted molar refractivity (Wildman–Crippen MR) is 56.0 cm³/mol. The number of fused-ring (bicyclic) bond motifs is 1. The van der Waals surface area contributed by atoms with Crippen LogP contribution in [0.5, 0.6) is 0 Å². The Morgan fingerprint density at radius 2 is 2.31 bits per heavy atom. The number of nitrogens with one attached hydrogen (secondary N) is 1. The van der Waals surface area contributed by atoms with E-state index in [1.807, 2.05) is 18.2 Å². The van der Waals surface area contributed by atoms with Gasteiger partial charge >= 0.3 is 0 Å². The Labute approximate surface area is 83.1 Å². The molecule has 0 spiro atoms. The summed E-state index contributed by atoms with van der Waals surface area (Å²) in [5, 5.41) is 4.08. The minimum absolute atomic E-state index is 0.133. The molecule has 0 fully saturated rings. The van der Waals surface area contributed by atoms with E-state index in [1.54, 1.807) is 0 Å². The number of hydrogen-bond acceptors (Lipinski definition) is 2. The van der Waals surface area contributed by atoms with Crippen LogP contribution in [0.4, 0.5) is 5.69 Å². The van der Waals surface area contributed by atoms with Crippen LogP contribution >= 0.6 is 11.6 Å². The van der Waals surface area contributed by atoms with E-state index in [2.05, 4.69) is 12.2 Å². The lowest BCUT2D eigenvalue weighted by Gasteiger charge is -2.29. The van der Waals surface area contributed by atoms with Gasteiger partial charge in [0.05, 0.1) is 0 Å². The molecule has 1 aromatic rings. The lowest BCUT2D eigenvalue weighted by molar-refractivity contribution is 0.479. The van der Waals surface area contributed by atoms with E-state index in [1.165, 1.54) is 5.56 Å². The van der Waals surface area contributed by atoms with E-state index in [0.29, 0.717) is 5.92 Å². The first kappa shape index (κ1) is 8.85. The molecular formula is C10H13ClN2. The van der Waals surface area contributed by atoms with Gasteiger partial charge in [0.2, 0.25) is 0 Å². The van der Waals surface area contributed by atoms with Gasteiger partial charge in [0.1, 0.15) is 0 Å². The summed E-state index contributed by atoms with van der Waals surface area (Å²) in [6.45, 7) is 3.07. The molecule has 0 saturated carbocycles. The van der Waals surface area contributed by atoms with Gasteiger partial charge in [0.15, 0.2) is 0 Å². The summed E-state index contributed by atoms with van der Waals surface area (Å²) in [5.74, 6) is 0.480. The highest BCUT2D eigenvalue weighted by molar-refractivity contribution is 6.30. The molecule has 3 heteroatoms. The van der Waals surface area contributed by atoms with Crippen LogP contribution in [-0.2, 0) is 0 Å². The molecule has 0 radical (unpaired) electrons. The van der Waals surface area contributed by atoms with Crippen molar-refractivity contribution in [1.29, 1.82) is 0 Å². The Bertz CT molecular complexity index is 325. The third kappa shape index (κ3) is 1.52. The standard InChI is InChI=1S/C10H13ClN2/c1-6-5-13-9-4-7(11)2-3-8(9)10(6)12/h2-4,6,10,13H,5,12H2,1H3. The van der Waals surface area contributed by atoms with E-state index >= 15 is 0 Å². The fourth-order valence-electron chi connectivity index (χ4n) is 1.68. The minimum Gasteiger partial charge on any atom is -0.384 e. The molecule has 0 bridgehead atoms. The molecule has 1 aliphatic rings. The predicted octanol–water partition coefficient (Wildman–Crippen LogP) is 2.40. The first-order valence-electron chi connectivity index (χ1n) is 4.47. The second-order valence-electron chi connectivity index (χ2n) is 3.62. The largest absolute Gasteiger partial charge is 0.384 e. The van der Waals surface area contributed by atoms with Crippen molar-refractivity contribution in [3.8, 4) is 0 Å². The summed E-state index contributed by atoms with van der Waals surface area (Å²) in [4.78, 5) is 0. The Kier molecular flexibility index (Phi) is 2.18. The minimum atomic E-state index is 0.133. The second-order valence-corrected chi connectivity index (χ2v) is 4.05. The van der Waals surface area contributed by atoms with Crippen molar-refractivity contribution in [2.24, 2.45) is 11.7 Å². The third-order valence-electron chi connectivity index (χ3n) is 2.60. The first-order valence-corrected chi connectivity index (χ1v) is 4.85. The molecule has 1 aromatic carbocycles. The summed E-state index contributed by atoms with van der Waals surface area (Å²) in [6.07, 6.45) is 0. The molecule has 0 aliphatic carbocycles. The second kappa shape index (κ2) is 3.20. The highest BCUT2D eigenvalue weighted by Gasteiger charge is 2.22. The van der Waals surface area contributed by atoms with Crippen molar-refractivity contribution < 1.29 is 0 Å². The molecule has 70 valence electrons. The maximum Gasteiger partial charge on any atom is 0.0426 e. The van der Waals surface area contributed by atoms with Crippen LogP contribution < -0.4 is 11.1 Å². The Balaban J connectivity index is 2.44. The summed E-state index contributed by atoms with van der Waals surface area (Å²) >= 11 is 5.88. The molecular weight excluding hydrogens is 184 g/mol. The third-order valence-corrected chi connectivity index (χ3v) is 2.84. The zero-order valence-electron chi connectivity index (χ0n) is 7.55. The molecule has 1 aliphatic heterocycles. The monoisotopic (exact) mass is 196 g/mol. The number of benzene rings is 1. The fraction of sp³-hybridized carbons (Fsp3) is 0.400. The number of rotatable bonds is 0. The van der Waals surface area contributed by atoms with Crippen LogP contribution in [0.1, 0.15) is 18.5 Å². The van der Waals surface area contributed by atoms with E-state index < -0.39 is 0 Å². The molecule has 2 atom stereocenters. The number of nitrogens with two attached hydrogens (primary N) is 1. The average Bonchev–Trinajstić information content (AvgIpc) is 2.12. The smallest absolute Gasteiger partial charge is 0.0426 e. The van der Waals surface area contributed by atoms with Crippen molar-refractivity contribution in [3.63, 3.8) is 0 Å². The van der Waals surface area contributed by atoms with Gasteiger partial charge < -0.3 is 11.1 Å². The quantitative estimate of drug-likeness (QED) is 0.669. The van der Waals surface area contributed by atoms with Crippen LogP contribution in [-0.4, -0.2) is 6.54 Å². The maximum atomic E-state index is 6.06. The molecule has 0 amide bonds. The highest BCUT2D eigenvalue weighted by Crippen LogP contribution is 2.33. The molecule has 2 unspecified atom stereocenters. The Hall–Kier alpha value is -0.730. The van der Waals surface area contributed by atoms with Gasteiger partial charge in [0.25, 0.3) is 0 Å². The average molecular weight is 197 g/mol. The SMILES string of the molecule is CC1CNc2cc(Cl)ccc2C1N. The number of anilines is 1. The van der Waals surface area contributed by atoms with Gasteiger partial charge in [-0.25, -0.2) is 0 Å². The molecule has 2 rings (SSSR count). The maximum absolute atomic E-state index is 6.06. The summed E-state index contributed by atoms with van der Waals surface area (Å²) in [6, 6.07) is 5.96. The van der Waals surface area contributed by atoms with Gasteiger partial charge in [-0.1, -0.05) is 24.6 Å². The summed E-state index contributed by atoms with van der Waals surface area (Å²) in [5.41, 5.74) is 8.31. The molecule has 3 N–H and O–H groups in total. The first-order chi connectivity index (χ1) is 6.18. The van der Waals surface area contributed by atoms with Crippen LogP contribution in [0.15, 0.2) is 18.2 Å². The van der Waals surface area contributed by atoms with Crippen LogP contribution in [0.3, 0.4) is 0 Å². The topological polar surface area (TPSA) is 38.0 Å². The van der Waals surface area contributed by atoms with Crippen molar-refractivity contribution in [3.05, 3.63) is 28.8 Å².